The summed E-state index contributed by atoms with van der Waals surface area (Å²) in [6.45, 7) is 1.54. The average Bonchev–Trinajstić information content (AvgIpc) is 2.67. The SMILES string of the molecule is O=C(OCc1ccccc1)N1CC[C@H](c2ccccc2)[C@H](CO)C1. The number of carbonyl (C=O) groups excluding carboxylic acids is 1. The molecule has 1 heterocycles. The molecule has 1 saturated heterocycles. The number of hydrogen-bond acceptors (Lipinski definition) is 3. The molecular formula is C20H23NO3. The Morgan fingerprint density at radius 3 is 2.42 bits per heavy atom. The molecule has 0 aliphatic carbocycles. The summed E-state index contributed by atoms with van der Waals surface area (Å²) in [7, 11) is 0. The average molecular weight is 325 g/mol. The Hall–Kier alpha value is -2.33. The minimum Gasteiger partial charge on any atom is -0.445 e. The maximum absolute atomic E-state index is 12.3. The highest BCUT2D eigenvalue weighted by atomic mass is 16.6. The van der Waals surface area contributed by atoms with Crippen molar-refractivity contribution in [2.75, 3.05) is 19.7 Å². The van der Waals surface area contributed by atoms with E-state index in [-0.39, 0.29) is 31.1 Å². The van der Waals surface area contributed by atoms with Crippen LogP contribution in [0.4, 0.5) is 4.79 Å². The second-order valence-corrected chi connectivity index (χ2v) is 6.23. The molecule has 2 aromatic rings. The topological polar surface area (TPSA) is 49.8 Å². The highest BCUT2D eigenvalue weighted by Crippen LogP contribution is 2.32. The van der Waals surface area contributed by atoms with Crippen molar-refractivity contribution in [1.82, 2.24) is 4.90 Å². The summed E-state index contributed by atoms with van der Waals surface area (Å²) in [5, 5.41) is 9.75. The second-order valence-electron chi connectivity index (χ2n) is 6.23. The fourth-order valence-electron chi connectivity index (χ4n) is 3.33. The predicted octanol–water partition coefficient (Wildman–Crippen LogP) is 3.42. The van der Waals surface area contributed by atoms with Crippen molar-refractivity contribution >= 4 is 6.09 Å². The van der Waals surface area contributed by atoms with Crippen molar-refractivity contribution in [1.29, 1.82) is 0 Å². The minimum atomic E-state index is -0.302. The van der Waals surface area contributed by atoms with Gasteiger partial charge in [-0.05, 0) is 23.5 Å². The molecular weight excluding hydrogens is 302 g/mol. The Balaban J connectivity index is 1.58. The Labute approximate surface area is 142 Å². The van der Waals surface area contributed by atoms with E-state index in [1.165, 1.54) is 5.56 Å². The number of carbonyl (C=O) groups is 1. The van der Waals surface area contributed by atoms with Crippen LogP contribution in [0.1, 0.15) is 23.5 Å². The summed E-state index contributed by atoms with van der Waals surface area (Å²) in [5.41, 5.74) is 2.21. The van der Waals surface area contributed by atoms with Crippen LogP contribution in [0.25, 0.3) is 0 Å². The molecule has 4 heteroatoms. The zero-order valence-corrected chi connectivity index (χ0v) is 13.7. The van der Waals surface area contributed by atoms with E-state index in [4.69, 9.17) is 4.74 Å². The molecule has 0 saturated carbocycles. The number of ether oxygens (including phenoxy) is 1. The lowest BCUT2D eigenvalue weighted by atomic mass is 9.81. The smallest absolute Gasteiger partial charge is 0.410 e. The van der Waals surface area contributed by atoms with Gasteiger partial charge >= 0.3 is 6.09 Å². The highest BCUT2D eigenvalue weighted by molar-refractivity contribution is 5.67. The van der Waals surface area contributed by atoms with E-state index < -0.39 is 0 Å². The molecule has 2 aromatic carbocycles. The molecule has 126 valence electrons. The number of aliphatic hydroxyl groups excluding tert-OH is 1. The Morgan fingerprint density at radius 1 is 1.08 bits per heavy atom. The van der Waals surface area contributed by atoms with Gasteiger partial charge in [0.15, 0.2) is 0 Å². The van der Waals surface area contributed by atoms with Crippen LogP contribution in [-0.2, 0) is 11.3 Å². The minimum absolute atomic E-state index is 0.0467. The van der Waals surface area contributed by atoms with Crippen molar-refractivity contribution in [2.45, 2.75) is 18.9 Å². The number of likely N-dealkylation sites (tertiary alicyclic amines) is 1. The Kier molecular flexibility index (Phi) is 5.49. The first-order valence-electron chi connectivity index (χ1n) is 8.39. The van der Waals surface area contributed by atoms with Crippen molar-refractivity contribution < 1.29 is 14.6 Å². The summed E-state index contributed by atoms with van der Waals surface area (Å²) in [6, 6.07) is 19.9. The summed E-state index contributed by atoms with van der Waals surface area (Å²) in [5.74, 6) is 0.333. The van der Waals surface area contributed by atoms with Gasteiger partial charge in [0.05, 0.1) is 0 Å². The number of nitrogens with zero attached hydrogens (tertiary/aromatic N) is 1. The molecule has 1 fully saturated rings. The van der Waals surface area contributed by atoms with Gasteiger partial charge in [0.2, 0.25) is 0 Å². The molecule has 0 radical (unpaired) electrons. The van der Waals surface area contributed by atoms with Crippen LogP contribution in [0.5, 0.6) is 0 Å². The fourth-order valence-corrected chi connectivity index (χ4v) is 3.33. The van der Waals surface area contributed by atoms with Crippen molar-refractivity contribution in [3.63, 3.8) is 0 Å². The zero-order chi connectivity index (χ0) is 16.8. The van der Waals surface area contributed by atoms with Gasteiger partial charge in [0.1, 0.15) is 6.61 Å². The molecule has 1 amide bonds. The van der Waals surface area contributed by atoms with Gasteiger partial charge in [0.25, 0.3) is 0 Å². The molecule has 1 aliphatic rings. The first-order valence-corrected chi connectivity index (χ1v) is 8.39. The molecule has 0 unspecified atom stereocenters. The third-order valence-electron chi connectivity index (χ3n) is 4.66. The normalized spacial score (nSPS) is 20.6. The lowest BCUT2D eigenvalue weighted by Crippen LogP contribution is -2.44. The molecule has 0 aromatic heterocycles. The summed E-state index contributed by atoms with van der Waals surface area (Å²) in [4.78, 5) is 14.0. The maximum atomic E-state index is 12.3. The largest absolute Gasteiger partial charge is 0.445 e. The van der Waals surface area contributed by atoms with E-state index >= 15 is 0 Å². The zero-order valence-electron chi connectivity index (χ0n) is 13.7. The van der Waals surface area contributed by atoms with Gasteiger partial charge in [-0.1, -0.05) is 60.7 Å². The summed E-state index contributed by atoms with van der Waals surface area (Å²) >= 11 is 0. The van der Waals surface area contributed by atoms with Crippen LogP contribution in [0.3, 0.4) is 0 Å². The first-order chi connectivity index (χ1) is 11.8. The highest BCUT2D eigenvalue weighted by Gasteiger charge is 2.32. The van der Waals surface area contributed by atoms with E-state index in [2.05, 4.69) is 12.1 Å². The molecule has 1 aliphatic heterocycles. The molecule has 2 atom stereocenters. The van der Waals surface area contributed by atoms with Crippen LogP contribution >= 0.6 is 0 Å². The van der Waals surface area contributed by atoms with Crippen molar-refractivity contribution in [3.05, 3.63) is 71.8 Å². The van der Waals surface area contributed by atoms with Crippen LogP contribution in [0, 0.1) is 5.92 Å². The lowest BCUT2D eigenvalue weighted by molar-refractivity contribution is 0.0613. The number of piperidine rings is 1. The number of benzene rings is 2. The second kappa shape index (κ2) is 7.97. The molecule has 3 rings (SSSR count). The van der Waals surface area contributed by atoms with Gasteiger partial charge in [-0.2, -0.15) is 0 Å². The van der Waals surface area contributed by atoms with E-state index in [1.807, 2.05) is 48.5 Å². The van der Waals surface area contributed by atoms with E-state index in [9.17, 15) is 9.90 Å². The third kappa shape index (κ3) is 3.95. The third-order valence-corrected chi connectivity index (χ3v) is 4.66. The van der Waals surface area contributed by atoms with Gasteiger partial charge in [-0.15, -0.1) is 0 Å². The Bertz CT molecular complexity index is 644. The quantitative estimate of drug-likeness (QED) is 0.937. The van der Waals surface area contributed by atoms with Crippen molar-refractivity contribution in [2.24, 2.45) is 5.92 Å². The maximum Gasteiger partial charge on any atom is 0.410 e. The molecule has 24 heavy (non-hydrogen) atoms. The van der Waals surface area contributed by atoms with Crippen LogP contribution in [0.15, 0.2) is 60.7 Å². The molecule has 1 N–H and O–H groups in total. The number of amides is 1. The van der Waals surface area contributed by atoms with Gasteiger partial charge in [-0.3, -0.25) is 0 Å². The lowest BCUT2D eigenvalue weighted by Gasteiger charge is -2.37. The summed E-state index contributed by atoms with van der Waals surface area (Å²) in [6.07, 6.45) is 0.541. The number of aliphatic hydroxyl groups is 1. The van der Waals surface area contributed by atoms with Gasteiger partial charge < -0.3 is 14.7 Å². The Morgan fingerprint density at radius 2 is 1.75 bits per heavy atom. The monoisotopic (exact) mass is 325 g/mol. The van der Waals surface area contributed by atoms with Gasteiger partial charge in [-0.25, -0.2) is 4.79 Å². The van der Waals surface area contributed by atoms with Crippen LogP contribution < -0.4 is 0 Å². The van der Waals surface area contributed by atoms with Crippen molar-refractivity contribution in [3.8, 4) is 0 Å². The predicted molar refractivity (Wildman–Crippen MR) is 92.6 cm³/mol. The van der Waals surface area contributed by atoms with Crippen LogP contribution in [-0.4, -0.2) is 35.8 Å². The van der Waals surface area contributed by atoms with E-state index in [0.717, 1.165) is 12.0 Å². The van der Waals surface area contributed by atoms with E-state index in [1.54, 1.807) is 4.90 Å². The first kappa shape index (κ1) is 16.5. The molecule has 0 spiro atoms. The standard InChI is InChI=1S/C20H23NO3/c22-14-18-13-21(12-11-19(18)17-9-5-2-6-10-17)20(23)24-15-16-7-3-1-4-8-16/h1-10,18-19,22H,11-15H2/t18-,19+/m0/s1. The number of hydrogen-bond donors (Lipinski definition) is 1. The molecule has 4 nitrogen and oxygen atoms in total. The fraction of sp³-hybridized carbons (Fsp3) is 0.350. The van der Waals surface area contributed by atoms with Crippen LogP contribution in [0.2, 0.25) is 0 Å². The summed E-state index contributed by atoms with van der Waals surface area (Å²) < 4.78 is 5.41. The van der Waals surface area contributed by atoms with E-state index in [0.29, 0.717) is 13.1 Å². The molecule has 0 bridgehead atoms. The number of rotatable bonds is 4. The van der Waals surface area contributed by atoms with Gasteiger partial charge in [0, 0.05) is 25.6 Å².